The molecule has 2 atom stereocenters. The van der Waals surface area contributed by atoms with Crippen molar-refractivity contribution in [1.82, 2.24) is 5.01 Å². The molecule has 2 aromatic carbocycles. The van der Waals surface area contributed by atoms with E-state index in [2.05, 4.69) is 6.08 Å². The first-order valence-electron chi connectivity index (χ1n) is 12.2. The van der Waals surface area contributed by atoms with E-state index in [1.165, 1.54) is 5.01 Å². The molecule has 9 nitrogen and oxygen atoms in total. The molecular weight excluding hydrogens is 476 g/mol. The molecule has 1 fully saturated rings. The maximum Gasteiger partial charge on any atom is 0.303 e. The van der Waals surface area contributed by atoms with Gasteiger partial charge in [0.2, 0.25) is 5.91 Å². The maximum atomic E-state index is 13.2. The summed E-state index contributed by atoms with van der Waals surface area (Å²) in [6, 6.07) is 10.9. The number of fused-ring (bicyclic) bond motifs is 1. The van der Waals surface area contributed by atoms with E-state index in [1.54, 1.807) is 28.4 Å². The molecule has 1 heterocycles. The molecule has 1 saturated carbocycles. The number of allylic oxidation sites excluding steroid dienone is 1. The average molecular weight is 509 g/mol. The van der Waals surface area contributed by atoms with E-state index in [0.29, 0.717) is 23.0 Å². The molecule has 2 unspecified atom stereocenters. The summed E-state index contributed by atoms with van der Waals surface area (Å²) in [6.45, 7) is 0. The summed E-state index contributed by atoms with van der Waals surface area (Å²) in [5, 5.41) is 15.4. The number of aliphatic carboxylic acids is 1. The van der Waals surface area contributed by atoms with Gasteiger partial charge in [0.05, 0.1) is 46.6 Å². The Labute approximate surface area is 216 Å². The summed E-state index contributed by atoms with van der Waals surface area (Å²) in [5.41, 5.74) is 3.69. The van der Waals surface area contributed by atoms with Gasteiger partial charge in [-0.3, -0.25) is 9.59 Å². The number of rotatable bonds is 9. The van der Waals surface area contributed by atoms with Crippen molar-refractivity contribution >= 4 is 23.7 Å². The topological polar surface area (TPSA) is 107 Å². The molecule has 2 aliphatic rings. The van der Waals surface area contributed by atoms with Gasteiger partial charge < -0.3 is 24.1 Å². The van der Waals surface area contributed by atoms with Crippen LogP contribution in [0.15, 0.2) is 47.1 Å². The number of methoxy groups -OCH3 is 4. The van der Waals surface area contributed by atoms with E-state index in [-0.39, 0.29) is 30.7 Å². The number of carbonyl (C=O) groups excluding carboxylic acids is 1. The lowest BCUT2D eigenvalue weighted by atomic mass is 9.77. The fraction of sp³-hybridized carbons (Fsp3) is 0.393. The van der Waals surface area contributed by atoms with Crippen molar-refractivity contribution in [3.05, 3.63) is 53.1 Å². The van der Waals surface area contributed by atoms with Gasteiger partial charge in [0, 0.05) is 12.3 Å². The minimum Gasteiger partial charge on any atom is -0.493 e. The van der Waals surface area contributed by atoms with Crippen LogP contribution < -0.4 is 18.9 Å². The predicted molar refractivity (Wildman–Crippen MR) is 138 cm³/mol. The van der Waals surface area contributed by atoms with Crippen LogP contribution in [-0.4, -0.2) is 56.1 Å². The highest BCUT2D eigenvalue weighted by Gasteiger charge is 2.43. The number of benzene rings is 2. The normalized spacial score (nSPS) is 19.7. The molecule has 0 bridgehead atoms. The number of ether oxygens (including phenoxy) is 4. The lowest BCUT2D eigenvalue weighted by Gasteiger charge is -2.30. The van der Waals surface area contributed by atoms with Gasteiger partial charge in [-0.1, -0.05) is 12.1 Å². The predicted octanol–water partition coefficient (Wildman–Crippen LogP) is 4.71. The second-order valence-electron chi connectivity index (χ2n) is 8.96. The number of carbonyl (C=O) groups is 2. The lowest BCUT2D eigenvalue weighted by molar-refractivity contribution is -0.141. The number of nitrogens with zero attached hydrogens (tertiary/aromatic N) is 2. The highest BCUT2D eigenvalue weighted by atomic mass is 16.5. The fourth-order valence-electron chi connectivity index (χ4n) is 5.05. The minimum absolute atomic E-state index is 0.0352. The van der Waals surface area contributed by atoms with Crippen LogP contribution in [0.25, 0.3) is 6.08 Å². The second-order valence-corrected chi connectivity index (χ2v) is 8.96. The van der Waals surface area contributed by atoms with Crippen LogP contribution in [0, 0.1) is 5.92 Å². The van der Waals surface area contributed by atoms with Gasteiger partial charge in [-0.05, 0) is 66.3 Å². The highest BCUT2D eigenvalue weighted by Crippen LogP contribution is 2.46. The Hall–Kier alpha value is -4.01. The first kappa shape index (κ1) is 26.1. The molecule has 1 amide bonds. The molecule has 0 radical (unpaired) electrons. The van der Waals surface area contributed by atoms with Crippen LogP contribution in [0.3, 0.4) is 0 Å². The molecule has 1 aliphatic heterocycles. The summed E-state index contributed by atoms with van der Waals surface area (Å²) in [4.78, 5) is 24.4. The molecule has 196 valence electrons. The summed E-state index contributed by atoms with van der Waals surface area (Å²) in [6.07, 6.45) is 4.30. The number of carboxylic acid groups (broad SMARTS) is 1. The molecule has 0 spiro atoms. The maximum absolute atomic E-state index is 13.2. The van der Waals surface area contributed by atoms with Crippen LogP contribution in [0.1, 0.15) is 49.3 Å². The number of amides is 1. The standard InChI is InChI=1S/C28H32N2O7/c1-34-21-10-8-17(15-23(21)36-3)14-18-6-5-7-20-27(18)29-30(25(31)12-13-26(32)33)28(20)19-9-11-22(35-2)24(16-19)37-4/h8-11,14-16,20,28H,5-7,12-13H2,1-4H3,(H,32,33)/b18-14+. The zero-order chi connectivity index (χ0) is 26.5. The Kier molecular flexibility index (Phi) is 8.01. The number of hydrogen-bond donors (Lipinski definition) is 1. The first-order chi connectivity index (χ1) is 17.9. The largest absolute Gasteiger partial charge is 0.493 e. The van der Waals surface area contributed by atoms with Crippen molar-refractivity contribution in [2.45, 2.75) is 38.1 Å². The van der Waals surface area contributed by atoms with Crippen molar-refractivity contribution in [1.29, 1.82) is 0 Å². The third-order valence-electron chi connectivity index (χ3n) is 6.81. The molecule has 2 aromatic rings. The van der Waals surface area contributed by atoms with E-state index in [9.17, 15) is 9.59 Å². The summed E-state index contributed by atoms with van der Waals surface area (Å²) in [7, 11) is 6.33. The van der Waals surface area contributed by atoms with Gasteiger partial charge in [0.15, 0.2) is 23.0 Å². The van der Waals surface area contributed by atoms with Crippen LogP contribution >= 0.6 is 0 Å². The minimum atomic E-state index is -1.02. The van der Waals surface area contributed by atoms with E-state index < -0.39 is 5.97 Å². The molecule has 37 heavy (non-hydrogen) atoms. The highest BCUT2D eigenvalue weighted by molar-refractivity contribution is 6.08. The van der Waals surface area contributed by atoms with Gasteiger partial charge in [-0.2, -0.15) is 5.10 Å². The van der Waals surface area contributed by atoms with Crippen LogP contribution in [-0.2, 0) is 9.59 Å². The molecular formula is C28H32N2O7. The third kappa shape index (κ3) is 5.40. The van der Waals surface area contributed by atoms with E-state index in [4.69, 9.17) is 29.2 Å². The fourth-order valence-corrected chi connectivity index (χ4v) is 5.05. The summed E-state index contributed by atoms with van der Waals surface area (Å²) >= 11 is 0. The molecule has 0 saturated heterocycles. The van der Waals surface area contributed by atoms with Crippen LogP contribution in [0.5, 0.6) is 23.0 Å². The summed E-state index contributed by atoms with van der Waals surface area (Å²) in [5.74, 6) is 1.05. The molecule has 4 rings (SSSR count). The third-order valence-corrected chi connectivity index (χ3v) is 6.81. The van der Waals surface area contributed by atoms with E-state index in [0.717, 1.165) is 41.7 Å². The Balaban J connectivity index is 1.74. The van der Waals surface area contributed by atoms with Gasteiger partial charge in [0.1, 0.15) is 0 Å². The van der Waals surface area contributed by atoms with Crippen molar-refractivity contribution in [3.8, 4) is 23.0 Å². The van der Waals surface area contributed by atoms with Crippen molar-refractivity contribution in [3.63, 3.8) is 0 Å². The Morgan fingerprint density at radius 3 is 2.24 bits per heavy atom. The molecule has 9 heteroatoms. The van der Waals surface area contributed by atoms with Gasteiger partial charge >= 0.3 is 5.97 Å². The monoisotopic (exact) mass is 508 g/mol. The SMILES string of the molecule is COc1ccc(/C=C2\CCCC3C2=NN(C(=O)CCC(=O)O)C3c2ccc(OC)c(OC)c2)cc1OC. The van der Waals surface area contributed by atoms with E-state index >= 15 is 0 Å². The Morgan fingerprint density at radius 2 is 1.59 bits per heavy atom. The van der Waals surface area contributed by atoms with Crippen molar-refractivity contribution in [2.75, 3.05) is 28.4 Å². The van der Waals surface area contributed by atoms with Crippen LogP contribution in [0.4, 0.5) is 0 Å². The van der Waals surface area contributed by atoms with Gasteiger partial charge in [-0.25, -0.2) is 5.01 Å². The van der Waals surface area contributed by atoms with Gasteiger partial charge in [0.25, 0.3) is 0 Å². The Bertz CT molecular complexity index is 1240. The number of carboxylic acids is 1. The molecule has 1 N–H and O–H groups in total. The number of hydrogen-bond acceptors (Lipinski definition) is 7. The van der Waals surface area contributed by atoms with Crippen molar-refractivity contribution in [2.24, 2.45) is 11.0 Å². The second kappa shape index (κ2) is 11.4. The number of hydrazone groups is 1. The zero-order valence-electron chi connectivity index (χ0n) is 21.5. The average Bonchev–Trinajstić information content (AvgIpc) is 3.32. The molecule has 0 aromatic heterocycles. The van der Waals surface area contributed by atoms with Crippen molar-refractivity contribution < 1.29 is 33.6 Å². The Morgan fingerprint density at radius 1 is 0.946 bits per heavy atom. The quantitative estimate of drug-likeness (QED) is 0.523. The van der Waals surface area contributed by atoms with Crippen LogP contribution in [0.2, 0.25) is 0 Å². The first-order valence-corrected chi connectivity index (χ1v) is 12.2. The molecule has 1 aliphatic carbocycles. The van der Waals surface area contributed by atoms with E-state index in [1.807, 2.05) is 36.4 Å². The smallest absolute Gasteiger partial charge is 0.303 e. The summed E-state index contributed by atoms with van der Waals surface area (Å²) < 4.78 is 21.7. The van der Waals surface area contributed by atoms with Gasteiger partial charge in [-0.15, -0.1) is 0 Å². The lowest BCUT2D eigenvalue weighted by Crippen LogP contribution is -2.32. The zero-order valence-corrected chi connectivity index (χ0v) is 21.5.